The molecule has 0 fully saturated rings. The molecule has 2 aromatic rings. The van der Waals surface area contributed by atoms with Crippen LogP contribution in [0.25, 0.3) is 0 Å². The van der Waals surface area contributed by atoms with Gasteiger partial charge < -0.3 is 0 Å². The summed E-state index contributed by atoms with van der Waals surface area (Å²) in [6.45, 7) is 10.6. The maximum absolute atomic E-state index is 13.0. The lowest BCUT2D eigenvalue weighted by molar-refractivity contribution is 0.198. The molecule has 1 aromatic heterocycles. The fourth-order valence-corrected chi connectivity index (χ4v) is 3.50. The van der Waals surface area contributed by atoms with E-state index in [4.69, 9.17) is 4.98 Å². The highest BCUT2D eigenvalue weighted by Gasteiger charge is 2.27. The van der Waals surface area contributed by atoms with Crippen molar-refractivity contribution in [3.63, 3.8) is 0 Å². The van der Waals surface area contributed by atoms with Gasteiger partial charge in [-0.15, -0.1) is 0 Å². The summed E-state index contributed by atoms with van der Waals surface area (Å²) in [5.74, 6) is 0.760. The van der Waals surface area contributed by atoms with Crippen LogP contribution in [-0.2, 0) is 19.5 Å². The third-order valence-corrected chi connectivity index (χ3v) is 4.92. The molecule has 0 spiro atoms. The van der Waals surface area contributed by atoms with E-state index >= 15 is 0 Å². The average molecular weight is 340 g/mol. The van der Waals surface area contributed by atoms with Crippen molar-refractivity contribution in [3.05, 3.63) is 51.4 Å². The zero-order chi connectivity index (χ0) is 18.0. The molecule has 2 heterocycles. The molecule has 0 unspecified atom stereocenters. The highest BCUT2D eigenvalue weighted by Crippen LogP contribution is 2.28. The summed E-state index contributed by atoms with van der Waals surface area (Å²) in [5.41, 5.74) is 4.17. The molecule has 1 aliphatic rings. The van der Waals surface area contributed by atoms with E-state index in [9.17, 15) is 4.79 Å². The largest absolute Gasteiger partial charge is 0.298 e. The van der Waals surface area contributed by atoms with Gasteiger partial charge in [0.25, 0.3) is 5.56 Å². The number of hydrogen-bond acceptors (Lipinski definition) is 4. The topological polar surface area (TPSA) is 41.4 Å². The van der Waals surface area contributed by atoms with Crippen LogP contribution in [0.5, 0.6) is 0 Å². The maximum atomic E-state index is 13.0. The summed E-state index contributed by atoms with van der Waals surface area (Å²) >= 11 is 0. The monoisotopic (exact) mass is 340 g/mol. The Morgan fingerprint density at radius 1 is 1.04 bits per heavy atom. The molecule has 134 valence electrons. The van der Waals surface area contributed by atoms with Gasteiger partial charge in [0.05, 0.1) is 13.3 Å². The number of rotatable bonds is 5. The van der Waals surface area contributed by atoms with E-state index < -0.39 is 0 Å². The fourth-order valence-electron chi connectivity index (χ4n) is 3.50. The first kappa shape index (κ1) is 17.7. The number of aryl methyl sites for hydroxylation is 2. The van der Waals surface area contributed by atoms with Crippen LogP contribution in [-0.4, -0.2) is 27.7 Å². The lowest BCUT2D eigenvalue weighted by Gasteiger charge is -2.38. The molecule has 5 heteroatoms. The minimum atomic E-state index is 0.0981. The van der Waals surface area contributed by atoms with Crippen molar-refractivity contribution in [3.8, 4) is 0 Å². The second kappa shape index (κ2) is 7.40. The van der Waals surface area contributed by atoms with E-state index in [0.717, 1.165) is 55.4 Å². The maximum Gasteiger partial charge on any atom is 0.259 e. The first-order valence-corrected chi connectivity index (χ1v) is 9.28. The van der Waals surface area contributed by atoms with E-state index in [2.05, 4.69) is 47.9 Å². The first-order chi connectivity index (χ1) is 12.1. The highest BCUT2D eigenvalue weighted by atomic mass is 16.1. The molecule has 1 aromatic carbocycles. The molecule has 0 radical (unpaired) electrons. The second-order valence-electron chi connectivity index (χ2n) is 6.69. The molecule has 0 amide bonds. The molecular formula is C20H28N4O. The number of hydrogen-bond donors (Lipinski definition) is 0. The number of benzene rings is 1. The third kappa shape index (κ3) is 3.33. The Hall–Kier alpha value is -2.14. The molecule has 25 heavy (non-hydrogen) atoms. The minimum Gasteiger partial charge on any atom is -0.298 e. The van der Waals surface area contributed by atoms with Gasteiger partial charge in [0, 0.05) is 23.5 Å². The summed E-state index contributed by atoms with van der Waals surface area (Å²) in [4.78, 5) is 22.2. The van der Waals surface area contributed by atoms with Crippen molar-refractivity contribution in [1.29, 1.82) is 0 Å². The van der Waals surface area contributed by atoms with Crippen molar-refractivity contribution in [2.75, 3.05) is 18.1 Å². The molecule has 0 saturated heterocycles. The minimum absolute atomic E-state index is 0.0981. The zero-order valence-corrected chi connectivity index (χ0v) is 15.7. The standard InChI is InChI=1S/C20H28N4O/c1-5-12-22-13-23(17-10-8-16(6-2)9-11-17)20-21-15(4)18(7-3)19(25)24(20)14-22/h8-11H,5-7,12-14H2,1-4H3. The number of anilines is 2. The number of nitrogens with zero attached hydrogens (tertiary/aromatic N) is 4. The SMILES string of the molecule is CCCN1CN(c2ccc(CC)cc2)c2nc(C)c(CC)c(=O)n2C1. The van der Waals surface area contributed by atoms with Crippen LogP contribution in [0, 0.1) is 6.92 Å². The van der Waals surface area contributed by atoms with Crippen LogP contribution < -0.4 is 10.5 Å². The molecule has 1 aliphatic heterocycles. The van der Waals surface area contributed by atoms with Gasteiger partial charge >= 0.3 is 0 Å². The molecule has 0 saturated carbocycles. The average Bonchev–Trinajstić information content (AvgIpc) is 2.62. The molecule has 0 atom stereocenters. The van der Waals surface area contributed by atoms with Crippen LogP contribution in [0.4, 0.5) is 11.6 Å². The predicted octanol–water partition coefficient (Wildman–Crippen LogP) is 3.46. The third-order valence-electron chi connectivity index (χ3n) is 4.92. The van der Waals surface area contributed by atoms with Crippen molar-refractivity contribution in [2.45, 2.75) is 53.6 Å². The van der Waals surface area contributed by atoms with Gasteiger partial charge in [0.2, 0.25) is 5.95 Å². The quantitative estimate of drug-likeness (QED) is 0.836. The molecular weight excluding hydrogens is 312 g/mol. The van der Waals surface area contributed by atoms with E-state index in [1.807, 2.05) is 18.4 Å². The van der Waals surface area contributed by atoms with Gasteiger partial charge in [0.1, 0.15) is 0 Å². The van der Waals surface area contributed by atoms with Crippen LogP contribution in [0.2, 0.25) is 0 Å². The van der Waals surface area contributed by atoms with E-state index in [1.54, 1.807) is 0 Å². The van der Waals surface area contributed by atoms with Crippen LogP contribution >= 0.6 is 0 Å². The van der Waals surface area contributed by atoms with Crippen LogP contribution in [0.1, 0.15) is 44.0 Å². The van der Waals surface area contributed by atoms with E-state index in [-0.39, 0.29) is 5.56 Å². The number of fused-ring (bicyclic) bond motifs is 1. The Balaban J connectivity index is 2.11. The Bertz CT molecular complexity index is 795. The smallest absolute Gasteiger partial charge is 0.259 e. The Morgan fingerprint density at radius 3 is 2.36 bits per heavy atom. The normalized spacial score (nSPS) is 14.6. The number of aromatic nitrogens is 2. The van der Waals surface area contributed by atoms with E-state index in [0.29, 0.717) is 6.67 Å². The van der Waals surface area contributed by atoms with Crippen molar-refractivity contribution in [2.24, 2.45) is 0 Å². The zero-order valence-electron chi connectivity index (χ0n) is 15.7. The molecule has 0 aliphatic carbocycles. The summed E-state index contributed by atoms with van der Waals surface area (Å²) in [6, 6.07) is 8.58. The molecule has 0 bridgehead atoms. The summed E-state index contributed by atoms with van der Waals surface area (Å²) in [6.07, 6.45) is 2.80. The molecule has 5 nitrogen and oxygen atoms in total. The van der Waals surface area contributed by atoms with Gasteiger partial charge in [0.15, 0.2) is 0 Å². The van der Waals surface area contributed by atoms with Gasteiger partial charge in [-0.25, -0.2) is 4.98 Å². The van der Waals surface area contributed by atoms with Crippen LogP contribution in [0.15, 0.2) is 29.1 Å². The Labute approximate surface area is 149 Å². The lowest BCUT2D eigenvalue weighted by atomic mass is 10.1. The van der Waals surface area contributed by atoms with Crippen LogP contribution in [0.3, 0.4) is 0 Å². The van der Waals surface area contributed by atoms with E-state index in [1.165, 1.54) is 5.56 Å². The van der Waals surface area contributed by atoms with Gasteiger partial charge in [-0.2, -0.15) is 0 Å². The Kier molecular flexibility index (Phi) is 5.23. The first-order valence-electron chi connectivity index (χ1n) is 9.28. The molecule has 0 N–H and O–H groups in total. The highest BCUT2D eigenvalue weighted by molar-refractivity contribution is 5.59. The lowest BCUT2D eigenvalue weighted by Crippen LogP contribution is -2.48. The second-order valence-corrected chi connectivity index (χ2v) is 6.69. The summed E-state index contributed by atoms with van der Waals surface area (Å²) in [7, 11) is 0. The summed E-state index contributed by atoms with van der Waals surface area (Å²) < 4.78 is 1.83. The summed E-state index contributed by atoms with van der Waals surface area (Å²) in [5, 5.41) is 0. The van der Waals surface area contributed by atoms with Crippen molar-refractivity contribution in [1.82, 2.24) is 14.5 Å². The van der Waals surface area contributed by atoms with Gasteiger partial charge in [-0.3, -0.25) is 19.2 Å². The predicted molar refractivity (Wildman–Crippen MR) is 102 cm³/mol. The Morgan fingerprint density at radius 2 is 1.76 bits per heavy atom. The van der Waals surface area contributed by atoms with Gasteiger partial charge in [-0.1, -0.05) is 32.9 Å². The van der Waals surface area contributed by atoms with Crippen molar-refractivity contribution >= 4 is 11.6 Å². The van der Waals surface area contributed by atoms with Crippen molar-refractivity contribution < 1.29 is 0 Å². The fraction of sp³-hybridized carbons (Fsp3) is 0.500. The van der Waals surface area contributed by atoms with Gasteiger partial charge in [-0.05, 0) is 43.9 Å². The molecule has 3 rings (SSSR count).